The summed E-state index contributed by atoms with van der Waals surface area (Å²) in [5.41, 5.74) is 6.31. The minimum absolute atomic E-state index is 0.546. The van der Waals surface area contributed by atoms with E-state index in [0.717, 1.165) is 17.1 Å². The van der Waals surface area contributed by atoms with Crippen molar-refractivity contribution in [3.63, 3.8) is 0 Å². The Morgan fingerprint density at radius 2 is 2.36 bits per heavy atom. The summed E-state index contributed by atoms with van der Waals surface area (Å²) in [6.07, 6.45) is 4.01. The van der Waals surface area contributed by atoms with Gasteiger partial charge in [0.25, 0.3) is 0 Å². The van der Waals surface area contributed by atoms with Gasteiger partial charge >= 0.3 is 0 Å². The molecule has 2 heterocycles. The van der Waals surface area contributed by atoms with E-state index in [0.29, 0.717) is 18.9 Å². The average molecular weight is 192 g/mol. The van der Waals surface area contributed by atoms with E-state index < -0.39 is 0 Å². The van der Waals surface area contributed by atoms with Gasteiger partial charge in [-0.1, -0.05) is 0 Å². The fourth-order valence-corrected chi connectivity index (χ4v) is 1.26. The second-order valence-corrected chi connectivity index (χ2v) is 3.10. The quantitative estimate of drug-likeness (QED) is 0.804. The van der Waals surface area contributed by atoms with Crippen LogP contribution in [0.2, 0.25) is 0 Å². The van der Waals surface area contributed by atoms with Gasteiger partial charge < -0.3 is 14.6 Å². The molecule has 0 bridgehead atoms. The molecular weight excluding hydrogens is 180 g/mol. The number of nitrogens with zero attached hydrogens (tertiary/aromatic N) is 1. The summed E-state index contributed by atoms with van der Waals surface area (Å²) in [5, 5.41) is 0. The lowest BCUT2D eigenvalue weighted by Crippen LogP contribution is -2.02. The molecule has 2 N–H and O–H groups in total. The molecule has 0 aliphatic rings. The molecule has 0 radical (unpaired) electrons. The summed E-state index contributed by atoms with van der Waals surface area (Å²) in [4.78, 5) is 4.10. The van der Waals surface area contributed by atoms with Gasteiger partial charge in [0.1, 0.15) is 12.0 Å². The van der Waals surface area contributed by atoms with Crippen molar-refractivity contribution in [1.29, 1.82) is 0 Å². The maximum atomic E-state index is 5.47. The van der Waals surface area contributed by atoms with E-state index in [-0.39, 0.29) is 0 Å². The molecule has 2 rings (SSSR count). The molecule has 74 valence electrons. The highest BCUT2D eigenvalue weighted by Gasteiger charge is 2.07. The lowest BCUT2D eigenvalue weighted by Gasteiger charge is -1.89. The molecule has 0 spiro atoms. The Morgan fingerprint density at radius 1 is 1.50 bits per heavy atom. The van der Waals surface area contributed by atoms with Crippen molar-refractivity contribution in [1.82, 2.24) is 4.98 Å². The topological polar surface area (TPSA) is 65.2 Å². The summed E-state index contributed by atoms with van der Waals surface area (Å²) in [6, 6.07) is 1.91. The molecule has 0 saturated heterocycles. The van der Waals surface area contributed by atoms with Gasteiger partial charge in [-0.15, -0.1) is 0 Å². The SMILES string of the molecule is Cc1cc(-c2cnc(CCN)o2)co1. The first-order valence-electron chi connectivity index (χ1n) is 4.50. The molecule has 4 nitrogen and oxygen atoms in total. The van der Waals surface area contributed by atoms with Crippen molar-refractivity contribution in [2.75, 3.05) is 6.54 Å². The largest absolute Gasteiger partial charge is 0.469 e. The van der Waals surface area contributed by atoms with E-state index in [1.807, 2.05) is 13.0 Å². The molecule has 0 unspecified atom stereocenters. The average Bonchev–Trinajstić information content (AvgIpc) is 2.74. The van der Waals surface area contributed by atoms with E-state index >= 15 is 0 Å². The van der Waals surface area contributed by atoms with Gasteiger partial charge in [0.2, 0.25) is 0 Å². The van der Waals surface area contributed by atoms with Crippen LogP contribution in [0.4, 0.5) is 0 Å². The summed E-state index contributed by atoms with van der Waals surface area (Å²) in [5.74, 6) is 2.25. The number of aromatic nitrogens is 1. The fraction of sp³-hybridized carbons (Fsp3) is 0.300. The van der Waals surface area contributed by atoms with Crippen LogP contribution in [0.25, 0.3) is 11.3 Å². The monoisotopic (exact) mass is 192 g/mol. The van der Waals surface area contributed by atoms with Crippen LogP contribution in [0.5, 0.6) is 0 Å². The highest BCUT2D eigenvalue weighted by atomic mass is 16.4. The highest BCUT2D eigenvalue weighted by Crippen LogP contribution is 2.22. The maximum absolute atomic E-state index is 5.47. The Labute approximate surface area is 81.7 Å². The predicted molar refractivity (Wildman–Crippen MR) is 51.7 cm³/mol. The van der Waals surface area contributed by atoms with Crippen molar-refractivity contribution in [3.05, 3.63) is 30.2 Å². The molecule has 2 aromatic rings. The molecule has 2 aromatic heterocycles. The van der Waals surface area contributed by atoms with Crippen molar-refractivity contribution in [2.45, 2.75) is 13.3 Å². The van der Waals surface area contributed by atoms with E-state index in [2.05, 4.69) is 4.98 Å². The zero-order valence-electron chi connectivity index (χ0n) is 7.99. The van der Waals surface area contributed by atoms with E-state index in [1.165, 1.54) is 0 Å². The van der Waals surface area contributed by atoms with Crippen LogP contribution in [0.3, 0.4) is 0 Å². The lowest BCUT2D eigenvalue weighted by molar-refractivity contribution is 0.505. The zero-order valence-corrected chi connectivity index (χ0v) is 7.99. The lowest BCUT2D eigenvalue weighted by atomic mass is 10.3. The number of oxazole rings is 1. The minimum atomic E-state index is 0.546. The maximum Gasteiger partial charge on any atom is 0.196 e. The van der Waals surface area contributed by atoms with Crippen LogP contribution in [0.15, 0.2) is 27.4 Å². The third kappa shape index (κ3) is 1.70. The van der Waals surface area contributed by atoms with E-state index in [4.69, 9.17) is 14.6 Å². The van der Waals surface area contributed by atoms with Crippen LogP contribution in [0.1, 0.15) is 11.7 Å². The van der Waals surface area contributed by atoms with Gasteiger partial charge in [0, 0.05) is 13.0 Å². The van der Waals surface area contributed by atoms with Crippen LogP contribution < -0.4 is 5.73 Å². The smallest absolute Gasteiger partial charge is 0.196 e. The van der Waals surface area contributed by atoms with E-state index in [9.17, 15) is 0 Å². The summed E-state index contributed by atoms with van der Waals surface area (Å²) in [6.45, 7) is 2.44. The second-order valence-electron chi connectivity index (χ2n) is 3.10. The number of rotatable bonds is 3. The summed E-state index contributed by atoms with van der Waals surface area (Å²) in [7, 11) is 0. The van der Waals surface area contributed by atoms with Gasteiger partial charge in [-0.3, -0.25) is 0 Å². The predicted octanol–water partition coefficient (Wildman–Crippen LogP) is 1.74. The van der Waals surface area contributed by atoms with Gasteiger partial charge in [-0.25, -0.2) is 4.98 Å². The molecule has 0 fully saturated rings. The van der Waals surface area contributed by atoms with Gasteiger partial charge in [0.15, 0.2) is 11.7 Å². The Balaban J connectivity index is 2.24. The first kappa shape index (κ1) is 9.02. The Kier molecular flexibility index (Phi) is 2.37. The number of hydrogen-bond donors (Lipinski definition) is 1. The Hall–Kier alpha value is -1.55. The van der Waals surface area contributed by atoms with Crippen molar-refractivity contribution < 1.29 is 8.83 Å². The van der Waals surface area contributed by atoms with Crippen LogP contribution >= 0.6 is 0 Å². The molecule has 0 atom stereocenters. The fourth-order valence-electron chi connectivity index (χ4n) is 1.26. The van der Waals surface area contributed by atoms with Gasteiger partial charge in [-0.05, 0) is 13.0 Å². The Bertz CT molecular complexity index is 417. The van der Waals surface area contributed by atoms with Crippen molar-refractivity contribution in [2.24, 2.45) is 5.73 Å². The third-order valence-corrected chi connectivity index (χ3v) is 1.93. The highest BCUT2D eigenvalue weighted by molar-refractivity contribution is 5.55. The van der Waals surface area contributed by atoms with Gasteiger partial charge in [-0.2, -0.15) is 0 Å². The number of furan rings is 1. The molecule has 0 aliphatic heterocycles. The van der Waals surface area contributed by atoms with Crippen LogP contribution in [0, 0.1) is 6.92 Å². The standard InChI is InChI=1S/C10H12N2O2/c1-7-4-8(6-13-7)9-5-12-10(14-9)2-3-11/h4-6H,2-3,11H2,1H3. The normalized spacial score (nSPS) is 10.7. The van der Waals surface area contributed by atoms with Crippen molar-refractivity contribution in [3.8, 4) is 11.3 Å². The van der Waals surface area contributed by atoms with Crippen molar-refractivity contribution >= 4 is 0 Å². The molecule has 0 aromatic carbocycles. The van der Waals surface area contributed by atoms with Gasteiger partial charge in [0.05, 0.1) is 11.8 Å². The minimum Gasteiger partial charge on any atom is -0.469 e. The molecule has 14 heavy (non-hydrogen) atoms. The molecule has 0 amide bonds. The number of nitrogens with two attached hydrogens (primary N) is 1. The first-order chi connectivity index (χ1) is 6.79. The van der Waals surface area contributed by atoms with Crippen LogP contribution in [-0.2, 0) is 6.42 Å². The summed E-state index contributed by atoms with van der Waals surface area (Å²) >= 11 is 0. The third-order valence-electron chi connectivity index (χ3n) is 1.93. The second kappa shape index (κ2) is 3.67. The summed E-state index contributed by atoms with van der Waals surface area (Å²) < 4.78 is 10.6. The number of hydrogen-bond acceptors (Lipinski definition) is 4. The molecular formula is C10H12N2O2. The molecule has 0 aliphatic carbocycles. The molecule has 0 saturated carbocycles. The Morgan fingerprint density at radius 3 is 3.00 bits per heavy atom. The van der Waals surface area contributed by atoms with E-state index in [1.54, 1.807) is 12.5 Å². The molecule has 4 heteroatoms. The first-order valence-corrected chi connectivity index (χ1v) is 4.50. The van der Waals surface area contributed by atoms with Crippen LogP contribution in [-0.4, -0.2) is 11.5 Å². The number of aryl methyl sites for hydroxylation is 1. The zero-order chi connectivity index (χ0) is 9.97.